The molecule has 0 aromatic carbocycles. The number of likely N-dealkylation sites (tertiary alicyclic amines) is 1. The van der Waals surface area contributed by atoms with Gasteiger partial charge >= 0.3 is 0 Å². The molecule has 3 N–H and O–H groups in total. The van der Waals surface area contributed by atoms with E-state index in [1.807, 2.05) is 0 Å². The topological polar surface area (TPSA) is 114 Å². The van der Waals surface area contributed by atoms with Gasteiger partial charge in [-0.25, -0.2) is 18.2 Å². The molecule has 12 heteroatoms. The maximum atomic E-state index is 14.8. The van der Waals surface area contributed by atoms with E-state index in [1.54, 1.807) is 4.90 Å². The third kappa shape index (κ3) is 4.87. The third-order valence-corrected chi connectivity index (χ3v) is 6.45. The zero-order valence-corrected chi connectivity index (χ0v) is 19.2. The van der Waals surface area contributed by atoms with E-state index < -0.39 is 41.1 Å². The van der Waals surface area contributed by atoms with Gasteiger partial charge in [0.15, 0.2) is 0 Å². The van der Waals surface area contributed by atoms with E-state index in [2.05, 4.69) is 15.0 Å². The first-order valence-corrected chi connectivity index (χ1v) is 11.0. The minimum absolute atomic E-state index is 0.0396. The maximum absolute atomic E-state index is 14.8. The molecule has 3 aromatic heterocycles. The van der Waals surface area contributed by atoms with Gasteiger partial charge in [0.05, 0.1) is 24.0 Å². The number of nitrogens with two attached hydrogens (primary N) is 1. The zero-order valence-electron chi connectivity index (χ0n) is 18.5. The number of nitrogens with one attached hydrogen (secondary N) is 1. The summed E-state index contributed by atoms with van der Waals surface area (Å²) in [5.74, 6) is -5.56. The number of pyridine rings is 3. The second kappa shape index (κ2) is 9.31. The Morgan fingerprint density at radius 2 is 2.06 bits per heavy atom. The number of halogens is 4. The average Bonchev–Trinajstić information content (AvgIpc) is 2.81. The highest BCUT2D eigenvalue weighted by molar-refractivity contribution is 6.31. The summed E-state index contributed by atoms with van der Waals surface area (Å²) in [7, 11) is 0. The molecular formula is C23H21ClF3N5O3. The number of aromatic nitrogens is 3. The molecule has 0 aliphatic carbocycles. The number of primary amides is 1. The molecule has 0 bridgehead atoms. The van der Waals surface area contributed by atoms with Crippen molar-refractivity contribution in [3.63, 3.8) is 0 Å². The molecule has 1 aliphatic rings. The number of rotatable bonds is 6. The number of hydrogen-bond acceptors (Lipinski definition) is 6. The largest absolute Gasteiger partial charge is 0.436 e. The van der Waals surface area contributed by atoms with E-state index in [9.17, 15) is 22.8 Å². The maximum Gasteiger partial charge on any atom is 0.257 e. The Kier molecular flexibility index (Phi) is 6.56. The molecule has 2 atom stereocenters. The molecule has 0 spiro atoms. The van der Waals surface area contributed by atoms with Crippen LogP contribution in [-0.2, 0) is 10.3 Å². The van der Waals surface area contributed by atoms with Gasteiger partial charge in [0.2, 0.25) is 17.3 Å². The Morgan fingerprint density at radius 1 is 1.29 bits per heavy atom. The number of carbonyl (C=O) groups excluding carboxylic acids is 1. The summed E-state index contributed by atoms with van der Waals surface area (Å²) in [4.78, 5) is 36.0. The van der Waals surface area contributed by atoms with Crippen LogP contribution in [0.4, 0.5) is 13.2 Å². The number of alkyl halides is 2. The number of H-pyrrole nitrogens is 1. The summed E-state index contributed by atoms with van der Waals surface area (Å²) in [6.07, 6.45) is 2.98. The first-order valence-electron chi connectivity index (χ1n) is 10.6. The van der Waals surface area contributed by atoms with Crippen molar-refractivity contribution in [2.75, 3.05) is 13.1 Å². The fourth-order valence-corrected chi connectivity index (χ4v) is 4.25. The van der Waals surface area contributed by atoms with Gasteiger partial charge in [0.1, 0.15) is 22.1 Å². The lowest BCUT2D eigenvalue weighted by Crippen LogP contribution is -2.59. The van der Waals surface area contributed by atoms with Crippen LogP contribution < -0.4 is 16.0 Å². The second-order valence-electron chi connectivity index (χ2n) is 8.35. The van der Waals surface area contributed by atoms with Crippen LogP contribution in [0.1, 0.15) is 30.5 Å². The van der Waals surface area contributed by atoms with E-state index >= 15 is 0 Å². The average molecular weight is 508 g/mol. The molecule has 0 radical (unpaired) electrons. The van der Waals surface area contributed by atoms with Gasteiger partial charge in [-0.2, -0.15) is 0 Å². The van der Waals surface area contributed by atoms with Gasteiger partial charge in [-0.3, -0.25) is 19.5 Å². The lowest BCUT2D eigenvalue weighted by molar-refractivity contribution is -0.139. The van der Waals surface area contributed by atoms with E-state index in [1.165, 1.54) is 43.6 Å². The van der Waals surface area contributed by atoms with Crippen LogP contribution in [0.3, 0.4) is 0 Å². The fourth-order valence-electron chi connectivity index (χ4n) is 4.06. The summed E-state index contributed by atoms with van der Waals surface area (Å²) in [5.41, 5.74) is 4.30. The molecule has 8 nitrogen and oxygen atoms in total. The zero-order chi connectivity index (χ0) is 25.4. The van der Waals surface area contributed by atoms with E-state index in [0.717, 1.165) is 12.3 Å². The van der Waals surface area contributed by atoms with Crippen molar-refractivity contribution in [1.29, 1.82) is 0 Å². The summed E-state index contributed by atoms with van der Waals surface area (Å²) in [6.45, 7) is 1.21. The molecule has 1 fully saturated rings. The molecule has 4 rings (SSSR count). The van der Waals surface area contributed by atoms with Crippen molar-refractivity contribution >= 4 is 17.5 Å². The highest BCUT2D eigenvalue weighted by atomic mass is 35.5. The minimum Gasteiger partial charge on any atom is -0.436 e. The minimum atomic E-state index is -3.06. The standard InChI is InChI=1S/C23H21ClF3N5O3/c1-22(21(28)34,18-4-3-15(11-29-18)35-20-17(24)8-14(25)10-31-20)32-7-6-23(26,27)16(12-32)13-2-5-19(33)30-9-13/h2-5,8-11,16H,6-7,12H2,1H3,(H2,28,34)(H,30,33)/t16-,22?/m1/s1. The lowest BCUT2D eigenvalue weighted by atomic mass is 9.83. The number of amides is 1. The molecule has 1 amide bonds. The molecule has 184 valence electrons. The summed E-state index contributed by atoms with van der Waals surface area (Å²) < 4.78 is 48.4. The molecular weight excluding hydrogens is 487 g/mol. The molecule has 1 saturated heterocycles. The normalized spacial score (nSPS) is 19.6. The number of hydrogen-bond donors (Lipinski definition) is 2. The van der Waals surface area contributed by atoms with Gasteiger partial charge in [-0.05, 0) is 30.7 Å². The number of aromatic amines is 1. The Bertz CT molecular complexity index is 1280. The molecule has 1 unspecified atom stereocenters. The summed E-state index contributed by atoms with van der Waals surface area (Å²) in [5, 5.41) is -0.0430. The molecule has 4 heterocycles. The van der Waals surface area contributed by atoms with E-state index in [-0.39, 0.29) is 41.0 Å². The van der Waals surface area contributed by atoms with Crippen LogP contribution in [0, 0.1) is 5.82 Å². The van der Waals surface area contributed by atoms with Gasteiger partial charge in [0.25, 0.3) is 5.92 Å². The number of nitrogens with zero attached hydrogens (tertiary/aromatic N) is 3. The van der Waals surface area contributed by atoms with Crippen molar-refractivity contribution in [2.24, 2.45) is 5.73 Å². The van der Waals surface area contributed by atoms with Gasteiger partial charge in [-0.15, -0.1) is 0 Å². The van der Waals surface area contributed by atoms with E-state index in [0.29, 0.717) is 0 Å². The van der Waals surface area contributed by atoms with E-state index in [4.69, 9.17) is 22.1 Å². The Balaban J connectivity index is 1.61. The first kappa shape index (κ1) is 24.7. The van der Waals surface area contributed by atoms with Crippen molar-refractivity contribution in [1.82, 2.24) is 19.9 Å². The third-order valence-electron chi connectivity index (χ3n) is 6.17. The van der Waals surface area contributed by atoms with Crippen molar-refractivity contribution in [2.45, 2.75) is 30.7 Å². The quantitative estimate of drug-likeness (QED) is 0.527. The van der Waals surface area contributed by atoms with Crippen LogP contribution in [0.25, 0.3) is 0 Å². The molecule has 35 heavy (non-hydrogen) atoms. The van der Waals surface area contributed by atoms with Crippen LogP contribution >= 0.6 is 11.6 Å². The van der Waals surface area contributed by atoms with Gasteiger partial charge in [0, 0.05) is 31.8 Å². The Labute approximate surface area is 202 Å². The van der Waals surface area contributed by atoms with Crippen LogP contribution in [0.5, 0.6) is 11.6 Å². The second-order valence-corrected chi connectivity index (χ2v) is 8.76. The predicted octanol–water partition coefficient (Wildman–Crippen LogP) is 3.58. The van der Waals surface area contributed by atoms with Gasteiger partial charge in [-0.1, -0.05) is 17.7 Å². The highest BCUT2D eigenvalue weighted by Gasteiger charge is 2.51. The van der Waals surface area contributed by atoms with Crippen molar-refractivity contribution in [3.05, 3.63) is 81.4 Å². The smallest absolute Gasteiger partial charge is 0.257 e. The molecule has 0 saturated carbocycles. The Hall–Kier alpha value is -3.44. The number of carbonyl (C=O) groups is 1. The SMILES string of the molecule is CC(C(N)=O)(c1ccc(Oc2ncc(F)cc2Cl)cn1)N1CCC(F)(F)[C@@H](c2ccc(=O)[nH]c2)C1. The van der Waals surface area contributed by atoms with Crippen LogP contribution in [-0.4, -0.2) is 44.8 Å². The highest BCUT2D eigenvalue weighted by Crippen LogP contribution is 2.43. The van der Waals surface area contributed by atoms with Crippen molar-refractivity contribution in [3.8, 4) is 11.6 Å². The lowest BCUT2D eigenvalue weighted by Gasteiger charge is -2.46. The number of piperidine rings is 1. The monoisotopic (exact) mass is 507 g/mol. The van der Waals surface area contributed by atoms with Crippen molar-refractivity contribution < 1.29 is 22.7 Å². The van der Waals surface area contributed by atoms with Crippen LogP contribution in [0.2, 0.25) is 5.02 Å². The molecule has 3 aromatic rings. The number of ether oxygens (including phenoxy) is 1. The summed E-state index contributed by atoms with van der Waals surface area (Å²) >= 11 is 5.93. The van der Waals surface area contributed by atoms with Crippen LogP contribution in [0.15, 0.2) is 53.7 Å². The fraction of sp³-hybridized carbons (Fsp3) is 0.304. The predicted molar refractivity (Wildman–Crippen MR) is 121 cm³/mol. The summed E-state index contributed by atoms with van der Waals surface area (Å²) in [6, 6.07) is 6.55. The Morgan fingerprint density at radius 3 is 2.66 bits per heavy atom. The first-order chi connectivity index (χ1) is 16.5. The molecule has 1 aliphatic heterocycles. The van der Waals surface area contributed by atoms with Gasteiger partial charge < -0.3 is 15.5 Å².